The zero-order chi connectivity index (χ0) is 22.0. The molecule has 2 heterocycles. The van der Waals surface area contributed by atoms with Gasteiger partial charge in [-0.05, 0) is 18.9 Å². The number of nitrogens with zero attached hydrogens (tertiary/aromatic N) is 2. The first-order chi connectivity index (χ1) is 14.3. The van der Waals surface area contributed by atoms with Crippen LogP contribution >= 0.6 is 0 Å². The van der Waals surface area contributed by atoms with Gasteiger partial charge in [-0.25, -0.2) is 4.79 Å². The Labute approximate surface area is 172 Å². The predicted molar refractivity (Wildman–Crippen MR) is 109 cm³/mol. The van der Waals surface area contributed by atoms with Crippen LogP contribution in [0.15, 0.2) is 46.6 Å². The molecule has 1 aromatic heterocycles. The van der Waals surface area contributed by atoms with E-state index in [4.69, 9.17) is 15.2 Å². The zero-order valence-corrected chi connectivity index (χ0v) is 17.0. The highest BCUT2D eigenvalue weighted by Crippen LogP contribution is 2.41. The van der Waals surface area contributed by atoms with E-state index in [2.05, 4.69) is 0 Å². The molecule has 1 aliphatic heterocycles. The lowest BCUT2D eigenvalue weighted by Gasteiger charge is -2.29. The van der Waals surface area contributed by atoms with Gasteiger partial charge in [-0.1, -0.05) is 25.5 Å². The summed E-state index contributed by atoms with van der Waals surface area (Å²) in [7, 11) is 1.21. The van der Waals surface area contributed by atoms with Crippen LogP contribution in [0.4, 0.5) is 5.69 Å². The first kappa shape index (κ1) is 21.1. The number of hydrogen-bond donors (Lipinski definition) is 1. The van der Waals surface area contributed by atoms with Gasteiger partial charge in [0, 0.05) is 30.4 Å². The average molecular weight is 413 g/mol. The van der Waals surface area contributed by atoms with Crippen molar-refractivity contribution in [3.63, 3.8) is 0 Å². The zero-order valence-electron chi connectivity index (χ0n) is 17.0. The Morgan fingerprint density at radius 1 is 1.30 bits per heavy atom. The summed E-state index contributed by atoms with van der Waals surface area (Å²) in [5, 5.41) is 11.0. The molecule has 0 radical (unpaired) electrons. The molecule has 9 nitrogen and oxygen atoms in total. The maximum Gasteiger partial charge on any atom is 0.340 e. The molecule has 0 saturated carbocycles. The SMILES string of the molecule is CCCc1cc2c(c(=O)n1CC)C(c1ccc([N+](=O)[O-])cc1)C(C(=O)OC)=C(N)O2. The summed E-state index contributed by atoms with van der Waals surface area (Å²) in [6.45, 7) is 4.32. The number of rotatable bonds is 6. The van der Waals surface area contributed by atoms with Crippen LogP contribution in [0, 0.1) is 10.1 Å². The van der Waals surface area contributed by atoms with Gasteiger partial charge in [0.2, 0.25) is 5.88 Å². The van der Waals surface area contributed by atoms with Gasteiger partial charge in [-0.3, -0.25) is 14.9 Å². The van der Waals surface area contributed by atoms with Crippen molar-refractivity contribution in [1.29, 1.82) is 0 Å². The molecule has 0 saturated heterocycles. The van der Waals surface area contributed by atoms with Crippen molar-refractivity contribution in [2.24, 2.45) is 5.73 Å². The minimum Gasteiger partial charge on any atom is -0.465 e. The van der Waals surface area contributed by atoms with Crippen LogP contribution in [0.3, 0.4) is 0 Å². The monoisotopic (exact) mass is 413 g/mol. The number of nitro benzene ring substituents is 1. The minimum absolute atomic E-state index is 0.0122. The van der Waals surface area contributed by atoms with Crippen molar-refractivity contribution in [1.82, 2.24) is 4.57 Å². The number of hydrogen-bond acceptors (Lipinski definition) is 7. The van der Waals surface area contributed by atoms with Gasteiger partial charge in [-0.15, -0.1) is 0 Å². The normalized spacial score (nSPS) is 15.4. The number of benzene rings is 1. The third-order valence-electron chi connectivity index (χ3n) is 5.11. The number of fused-ring (bicyclic) bond motifs is 1. The fraction of sp³-hybridized carbons (Fsp3) is 0.333. The van der Waals surface area contributed by atoms with Gasteiger partial charge < -0.3 is 19.8 Å². The van der Waals surface area contributed by atoms with Gasteiger partial charge in [0.05, 0.1) is 23.5 Å². The summed E-state index contributed by atoms with van der Waals surface area (Å²) in [5.74, 6) is -1.49. The maximum absolute atomic E-state index is 13.4. The molecular weight excluding hydrogens is 390 g/mol. The van der Waals surface area contributed by atoms with Crippen molar-refractivity contribution in [2.45, 2.75) is 39.2 Å². The largest absolute Gasteiger partial charge is 0.465 e. The lowest BCUT2D eigenvalue weighted by atomic mass is 9.83. The van der Waals surface area contributed by atoms with Crippen molar-refractivity contribution >= 4 is 11.7 Å². The summed E-state index contributed by atoms with van der Waals surface area (Å²) in [6, 6.07) is 7.41. The second kappa shape index (κ2) is 8.40. The van der Waals surface area contributed by atoms with Gasteiger partial charge in [0.25, 0.3) is 11.2 Å². The first-order valence-corrected chi connectivity index (χ1v) is 9.60. The van der Waals surface area contributed by atoms with Crippen molar-refractivity contribution < 1.29 is 19.2 Å². The van der Waals surface area contributed by atoms with E-state index in [0.717, 1.165) is 12.1 Å². The molecule has 0 aliphatic carbocycles. The second-order valence-corrected chi connectivity index (χ2v) is 6.87. The van der Waals surface area contributed by atoms with Gasteiger partial charge in [0.15, 0.2) is 0 Å². The number of non-ortho nitro benzene ring substituents is 1. The van der Waals surface area contributed by atoms with Gasteiger partial charge >= 0.3 is 5.97 Å². The molecule has 158 valence electrons. The highest BCUT2D eigenvalue weighted by molar-refractivity contribution is 5.92. The Bertz CT molecular complexity index is 1090. The molecule has 2 aromatic rings. The number of nitrogens with two attached hydrogens (primary N) is 1. The number of nitro groups is 1. The van der Waals surface area contributed by atoms with Gasteiger partial charge in [0.1, 0.15) is 11.3 Å². The van der Waals surface area contributed by atoms with Crippen molar-refractivity contribution in [3.05, 3.63) is 79.1 Å². The Kier molecular flexibility index (Phi) is 5.91. The third-order valence-corrected chi connectivity index (χ3v) is 5.11. The summed E-state index contributed by atoms with van der Waals surface area (Å²) >= 11 is 0. The number of methoxy groups -OCH3 is 1. The molecule has 1 atom stereocenters. The molecule has 1 aromatic carbocycles. The summed E-state index contributed by atoms with van der Waals surface area (Å²) in [6.07, 6.45) is 1.51. The van der Waals surface area contributed by atoms with Crippen LogP contribution in [0.5, 0.6) is 5.75 Å². The van der Waals surface area contributed by atoms with Crippen LogP contribution in [-0.2, 0) is 22.5 Å². The Morgan fingerprint density at radius 3 is 2.50 bits per heavy atom. The molecule has 0 spiro atoms. The second-order valence-electron chi connectivity index (χ2n) is 6.87. The highest BCUT2D eigenvalue weighted by atomic mass is 16.6. The standard InChI is InChI=1S/C21H23N3O6/c1-4-6-14-11-15-17(20(25)23(14)5-2)16(18(19(22)30-15)21(26)29-3)12-7-9-13(10-8-12)24(27)28/h7-11,16H,4-6,22H2,1-3H3. The van der Waals surface area contributed by atoms with E-state index < -0.39 is 16.8 Å². The topological polar surface area (TPSA) is 127 Å². The van der Waals surface area contributed by atoms with E-state index in [0.29, 0.717) is 18.5 Å². The third kappa shape index (κ3) is 3.54. The Balaban J connectivity index is 2.30. The van der Waals surface area contributed by atoms with Crippen LogP contribution in [-0.4, -0.2) is 22.6 Å². The van der Waals surface area contributed by atoms with Gasteiger partial charge in [-0.2, -0.15) is 0 Å². The summed E-state index contributed by atoms with van der Waals surface area (Å²) < 4.78 is 12.2. The molecule has 3 rings (SSSR count). The molecule has 0 amide bonds. The number of carbonyl (C=O) groups is 1. The summed E-state index contributed by atoms with van der Waals surface area (Å²) in [5.41, 5.74) is 7.20. The highest BCUT2D eigenvalue weighted by Gasteiger charge is 2.38. The Hall–Kier alpha value is -3.62. The average Bonchev–Trinajstić information content (AvgIpc) is 2.72. The lowest BCUT2D eigenvalue weighted by Crippen LogP contribution is -2.35. The van der Waals surface area contributed by atoms with E-state index in [9.17, 15) is 19.7 Å². The van der Waals surface area contributed by atoms with Crippen molar-refractivity contribution in [2.75, 3.05) is 7.11 Å². The predicted octanol–water partition coefficient (Wildman–Crippen LogP) is 2.60. The number of aryl methyl sites for hydroxylation is 1. The van der Waals surface area contributed by atoms with E-state index in [1.807, 2.05) is 13.8 Å². The van der Waals surface area contributed by atoms with E-state index in [1.165, 1.54) is 31.4 Å². The van der Waals surface area contributed by atoms with E-state index >= 15 is 0 Å². The quantitative estimate of drug-likeness (QED) is 0.438. The molecule has 0 fully saturated rings. The molecule has 2 N–H and O–H groups in total. The van der Waals surface area contributed by atoms with Crippen molar-refractivity contribution in [3.8, 4) is 5.75 Å². The fourth-order valence-electron chi connectivity index (χ4n) is 3.76. The van der Waals surface area contributed by atoms with Crippen LogP contribution in [0.25, 0.3) is 0 Å². The number of pyridine rings is 1. The van der Waals surface area contributed by atoms with Crippen LogP contribution < -0.4 is 16.0 Å². The maximum atomic E-state index is 13.4. The molecule has 30 heavy (non-hydrogen) atoms. The summed E-state index contributed by atoms with van der Waals surface area (Å²) in [4.78, 5) is 36.4. The minimum atomic E-state index is -0.872. The Morgan fingerprint density at radius 2 is 1.97 bits per heavy atom. The van der Waals surface area contributed by atoms with E-state index in [1.54, 1.807) is 10.6 Å². The van der Waals surface area contributed by atoms with E-state index in [-0.39, 0.29) is 34.0 Å². The molecule has 0 bridgehead atoms. The number of aromatic nitrogens is 1. The molecule has 1 aliphatic rings. The number of esters is 1. The number of ether oxygens (including phenoxy) is 2. The lowest BCUT2D eigenvalue weighted by molar-refractivity contribution is -0.384. The first-order valence-electron chi connectivity index (χ1n) is 9.60. The number of carbonyl (C=O) groups excluding carboxylic acids is 1. The van der Waals surface area contributed by atoms with Crippen LogP contribution in [0.1, 0.15) is 43.0 Å². The smallest absolute Gasteiger partial charge is 0.340 e. The fourth-order valence-corrected chi connectivity index (χ4v) is 3.76. The van der Waals surface area contributed by atoms with Crippen LogP contribution in [0.2, 0.25) is 0 Å². The molecule has 1 unspecified atom stereocenters. The molecular formula is C21H23N3O6. The molecule has 9 heteroatoms.